The third-order valence-electron chi connectivity index (χ3n) is 7.34. The first-order valence-corrected chi connectivity index (χ1v) is 11.1. The molecule has 2 rings (SSSR count). The predicted molar refractivity (Wildman–Crippen MR) is 112 cm³/mol. The number of piperidine rings is 1. The maximum atomic E-state index is 11.2. The third-order valence-corrected chi connectivity index (χ3v) is 7.34. The molecule has 4 nitrogen and oxygen atoms in total. The van der Waals surface area contributed by atoms with Gasteiger partial charge in [0.15, 0.2) is 0 Å². The summed E-state index contributed by atoms with van der Waals surface area (Å²) in [6.07, 6.45) is 4.20. The van der Waals surface area contributed by atoms with Crippen molar-refractivity contribution in [2.75, 3.05) is 32.7 Å². The van der Waals surface area contributed by atoms with Crippen LogP contribution in [-0.2, 0) is 0 Å². The molecule has 0 amide bonds. The van der Waals surface area contributed by atoms with E-state index in [1.54, 1.807) is 0 Å². The van der Waals surface area contributed by atoms with Crippen LogP contribution in [0.4, 0.5) is 0 Å². The standard InChI is InChI=1S/C22H45N3O/c1-17(2)23-12-10-22(26,11-13-23)19(5)8-9-20(6)25-15-14-24(18(3)4)16-21(25)7/h17-21,26H,8-16H2,1-7H3. The summed E-state index contributed by atoms with van der Waals surface area (Å²) in [6.45, 7) is 21.8. The highest BCUT2D eigenvalue weighted by molar-refractivity contribution is 4.91. The van der Waals surface area contributed by atoms with Gasteiger partial charge in [0.05, 0.1) is 5.60 Å². The molecule has 1 N–H and O–H groups in total. The summed E-state index contributed by atoms with van der Waals surface area (Å²) >= 11 is 0. The molecule has 2 heterocycles. The van der Waals surface area contributed by atoms with Crippen LogP contribution in [0, 0.1) is 5.92 Å². The van der Waals surface area contributed by atoms with Crippen molar-refractivity contribution in [3.8, 4) is 0 Å². The lowest BCUT2D eigenvalue weighted by atomic mass is 9.77. The first-order valence-electron chi connectivity index (χ1n) is 11.1. The molecule has 0 aliphatic carbocycles. The topological polar surface area (TPSA) is 30.0 Å². The maximum Gasteiger partial charge on any atom is 0.0697 e. The number of aliphatic hydroxyl groups is 1. The number of piperazine rings is 1. The lowest BCUT2D eigenvalue weighted by Gasteiger charge is -2.46. The number of nitrogens with zero attached hydrogens (tertiary/aromatic N) is 3. The van der Waals surface area contributed by atoms with Crippen molar-refractivity contribution in [2.24, 2.45) is 5.92 Å². The number of hydrogen-bond acceptors (Lipinski definition) is 4. The molecule has 0 aromatic heterocycles. The van der Waals surface area contributed by atoms with Gasteiger partial charge in [-0.05, 0) is 73.1 Å². The SMILES string of the molecule is CC(C)N1CCC(O)(C(C)CCC(C)N2CCN(C(C)C)CC2C)CC1. The Kier molecular flexibility index (Phi) is 7.97. The minimum atomic E-state index is -0.451. The largest absolute Gasteiger partial charge is 0.390 e. The fourth-order valence-corrected chi connectivity index (χ4v) is 4.97. The zero-order valence-corrected chi connectivity index (χ0v) is 18.5. The van der Waals surface area contributed by atoms with Crippen LogP contribution in [0.3, 0.4) is 0 Å². The van der Waals surface area contributed by atoms with Crippen LogP contribution < -0.4 is 0 Å². The Labute approximate surface area is 162 Å². The summed E-state index contributed by atoms with van der Waals surface area (Å²) < 4.78 is 0. The predicted octanol–water partition coefficient (Wildman–Crippen LogP) is 3.44. The average molecular weight is 368 g/mol. The maximum absolute atomic E-state index is 11.2. The number of rotatable bonds is 7. The molecule has 26 heavy (non-hydrogen) atoms. The molecule has 3 atom stereocenters. The van der Waals surface area contributed by atoms with Gasteiger partial charge in [-0.3, -0.25) is 9.80 Å². The summed E-state index contributed by atoms with van der Waals surface area (Å²) in [5.41, 5.74) is -0.451. The molecule has 2 aliphatic rings. The highest BCUT2D eigenvalue weighted by Gasteiger charge is 2.38. The normalized spacial score (nSPS) is 28.6. The summed E-state index contributed by atoms with van der Waals surface area (Å²) in [7, 11) is 0. The van der Waals surface area contributed by atoms with Gasteiger partial charge in [0.2, 0.25) is 0 Å². The summed E-state index contributed by atoms with van der Waals surface area (Å²) in [5.74, 6) is 0.395. The second kappa shape index (κ2) is 9.36. The number of likely N-dealkylation sites (tertiary alicyclic amines) is 1. The smallest absolute Gasteiger partial charge is 0.0697 e. The molecule has 0 aromatic rings. The molecule has 0 aromatic carbocycles. The molecular formula is C22H45N3O. The van der Waals surface area contributed by atoms with E-state index in [1.165, 1.54) is 26.1 Å². The summed E-state index contributed by atoms with van der Waals surface area (Å²) in [6, 6.07) is 2.50. The minimum absolute atomic E-state index is 0.395. The fraction of sp³-hybridized carbons (Fsp3) is 1.00. The molecule has 0 radical (unpaired) electrons. The van der Waals surface area contributed by atoms with Crippen LogP contribution in [0.2, 0.25) is 0 Å². The van der Waals surface area contributed by atoms with E-state index in [0.29, 0.717) is 30.1 Å². The molecule has 4 heteroatoms. The average Bonchev–Trinajstić information content (AvgIpc) is 2.59. The molecule has 154 valence electrons. The second-order valence-corrected chi connectivity index (χ2v) is 9.74. The highest BCUT2D eigenvalue weighted by atomic mass is 16.3. The second-order valence-electron chi connectivity index (χ2n) is 9.74. The zero-order chi connectivity index (χ0) is 19.5. The fourth-order valence-electron chi connectivity index (χ4n) is 4.97. The van der Waals surface area contributed by atoms with E-state index in [2.05, 4.69) is 63.2 Å². The third kappa shape index (κ3) is 5.43. The summed E-state index contributed by atoms with van der Waals surface area (Å²) in [5, 5.41) is 11.2. The van der Waals surface area contributed by atoms with Gasteiger partial charge in [0.25, 0.3) is 0 Å². The van der Waals surface area contributed by atoms with Gasteiger partial charge in [-0.1, -0.05) is 6.92 Å². The van der Waals surface area contributed by atoms with Crippen molar-refractivity contribution < 1.29 is 5.11 Å². The van der Waals surface area contributed by atoms with Crippen LogP contribution in [0.1, 0.15) is 74.1 Å². The first-order chi connectivity index (χ1) is 12.1. The van der Waals surface area contributed by atoms with Crippen LogP contribution in [0.15, 0.2) is 0 Å². The van der Waals surface area contributed by atoms with Gasteiger partial charge in [0.1, 0.15) is 0 Å². The molecule has 3 unspecified atom stereocenters. The monoisotopic (exact) mass is 367 g/mol. The van der Waals surface area contributed by atoms with E-state index >= 15 is 0 Å². The molecule has 2 aliphatic heterocycles. The van der Waals surface area contributed by atoms with E-state index in [9.17, 15) is 5.11 Å². The van der Waals surface area contributed by atoms with Crippen LogP contribution in [0.25, 0.3) is 0 Å². The Balaban J connectivity index is 1.79. The van der Waals surface area contributed by atoms with Crippen molar-refractivity contribution >= 4 is 0 Å². The Morgan fingerprint density at radius 1 is 0.846 bits per heavy atom. The van der Waals surface area contributed by atoms with Crippen molar-refractivity contribution in [3.05, 3.63) is 0 Å². The van der Waals surface area contributed by atoms with Gasteiger partial charge < -0.3 is 10.0 Å². The van der Waals surface area contributed by atoms with Gasteiger partial charge in [-0.25, -0.2) is 0 Å². The van der Waals surface area contributed by atoms with Gasteiger partial charge in [-0.15, -0.1) is 0 Å². The van der Waals surface area contributed by atoms with E-state index < -0.39 is 5.60 Å². The van der Waals surface area contributed by atoms with Gasteiger partial charge in [0, 0.05) is 56.9 Å². The van der Waals surface area contributed by atoms with Gasteiger partial charge >= 0.3 is 0 Å². The van der Waals surface area contributed by atoms with Crippen molar-refractivity contribution in [1.29, 1.82) is 0 Å². The molecular weight excluding hydrogens is 322 g/mol. The van der Waals surface area contributed by atoms with Crippen molar-refractivity contribution in [1.82, 2.24) is 14.7 Å². The van der Waals surface area contributed by atoms with Crippen molar-refractivity contribution in [2.45, 2.75) is 104 Å². The van der Waals surface area contributed by atoms with Crippen LogP contribution in [0.5, 0.6) is 0 Å². The first kappa shape index (κ1) is 22.1. The Morgan fingerprint density at radius 2 is 1.42 bits per heavy atom. The van der Waals surface area contributed by atoms with Crippen LogP contribution in [-0.4, -0.2) is 82.3 Å². The number of hydrogen-bond donors (Lipinski definition) is 1. The molecule has 0 spiro atoms. The quantitative estimate of drug-likeness (QED) is 0.746. The van der Waals surface area contributed by atoms with E-state index in [-0.39, 0.29) is 0 Å². The van der Waals surface area contributed by atoms with E-state index in [4.69, 9.17) is 0 Å². The Hall–Kier alpha value is -0.160. The van der Waals surface area contributed by atoms with Gasteiger partial charge in [-0.2, -0.15) is 0 Å². The van der Waals surface area contributed by atoms with E-state index in [0.717, 1.165) is 32.4 Å². The summed E-state index contributed by atoms with van der Waals surface area (Å²) in [4.78, 5) is 7.79. The van der Waals surface area contributed by atoms with Crippen molar-refractivity contribution in [3.63, 3.8) is 0 Å². The van der Waals surface area contributed by atoms with E-state index in [1.807, 2.05) is 0 Å². The molecule has 0 saturated carbocycles. The molecule has 0 bridgehead atoms. The Bertz CT molecular complexity index is 418. The minimum Gasteiger partial charge on any atom is -0.390 e. The lowest BCUT2D eigenvalue weighted by molar-refractivity contribution is -0.0710. The molecule has 2 fully saturated rings. The highest BCUT2D eigenvalue weighted by Crippen LogP contribution is 2.34. The lowest BCUT2D eigenvalue weighted by Crippen LogP contribution is -2.56. The zero-order valence-electron chi connectivity index (χ0n) is 18.5. The Morgan fingerprint density at radius 3 is 1.92 bits per heavy atom. The molecule has 2 saturated heterocycles. The van der Waals surface area contributed by atoms with Crippen LogP contribution >= 0.6 is 0 Å².